The van der Waals surface area contributed by atoms with E-state index in [9.17, 15) is 4.79 Å². The first kappa shape index (κ1) is 13.5. The fourth-order valence-electron chi connectivity index (χ4n) is 1.55. The summed E-state index contributed by atoms with van der Waals surface area (Å²) in [7, 11) is 0. The van der Waals surface area contributed by atoms with E-state index in [-0.39, 0.29) is 6.09 Å². The van der Waals surface area contributed by atoms with Gasteiger partial charge in [0.15, 0.2) is 0 Å². The van der Waals surface area contributed by atoms with Gasteiger partial charge in [0, 0.05) is 6.20 Å². The average molecular weight is 276 g/mol. The van der Waals surface area contributed by atoms with Crippen molar-refractivity contribution in [3.8, 4) is 0 Å². The molecule has 0 saturated carbocycles. The number of nitrogens with zero attached hydrogens (tertiary/aromatic N) is 2. The van der Waals surface area contributed by atoms with Crippen molar-refractivity contribution in [3.63, 3.8) is 0 Å². The zero-order chi connectivity index (χ0) is 13.5. The van der Waals surface area contributed by atoms with Gasteiger partial charge in [0.25, 0.3) is 0 Å². The van der Waals surface area contributed by atoms with Gasteiger partial charge in [-0.15, -0.1) is 11.3 Å². The summed E-state index contributed by atoms with van der Waals surface area (Å²) in [5.41, 5.74) is 0. The van der Waals surface area contributed by atoms with Gasteiger partial charge in [-0.3, -0.25) is 0 Å². The molecular formula is C14H16N2O2S. The first-order chi connectivity index (χ1) is 9.33. The molecule has 0 radical (unpaired) electrons. The van der Waals surface area contributed by atoms with Gasteiger partial charge in [0.05, 0.1) is 6.61 Å². The van der Waals surface area contributed by atoms with Crippen molar-refractivity contribution in [2.45, 2.75) is 19.8 Å². The SMILES string of the molecule is CCCCOC(=O)N(c1ccccn1)c1cccs1. The van der Waals surface area contributed by atoms with Crippen LogP contribution in [0.2, 0.25) is 0 Å². The molecule has 2 aromatic heterocycles. The van der Waals surface area contributed by atoms with E-state index in [1.165, 1.54) is 16.2 Å². The van der Waals surface area contributed by atoms with Crippen LogP contribution in [0.4, 0.5) is 15.6 Å². The Morgan fingerprint density at radius 1 is 1.37 bits per heavy atom. The fourth-order valence-corrected chi connectivity index (χ4v) is 2.28. The van der Waals surface area contributed by atoms with Gasteiger partial charge in [0.2, 0.25) is 0 Å². The van der Waals surface area contributed by atoms with E-state index < -0.39 is 0 Å². The molecule has 5 heteroatoms. The lowest BCUT2D eigenvalue weighted by Crippen LogP contribution is -2.27. The largest absolute Gasteiger partial charge is 0.449 e. The predicted molar refractivity (Wildman–Crippen MR) is 77.0 cm³/mol. The predicted octanol–water partition coefficient (Wildman–Crippen LogP) is 4.22. The number of carbonyl (C=O) groups excluding carboxylic acids is 1. The Labute approximate surface area is 116 Å². The summed E-state index contributed by atoms with van der Waals surface area (Å²) in [5.74, 6) is 0.575. The zero-order valence-corrected chi connectivity index (χ0v) is 11.6. The number of ether oxygens (including phenoxy) is 1. The summed E-state index contributed by atoms with van der Waals surface area (Å²) in [6, 6.07) is 9.23. The zero-order valence-electron chi connectivity index (χ0n) is 10.8. The van der Waals surface area contributed by atoms with Crippen LogP contribution < -0.4 is 4.90 Å². The molecule has 19 heavy (non-hydrogen) atoms. The Hall–Kier alpha value is -1.88. The normalized spacial score (nSPS) is 10.2. The molecule has 0 unspecified atom stereocenters. The minimum Gasteiger partial charge on any atom is -0.449 e. The highest BCUT2D eigenvalue weighted by Crippen LogP contribution is 2.28. The number of hydrogen-bond acceptors (Lipinski definition) is 4. The molecule has 1 amide bonds. The molecular weight excluding hydrogens is 260 g/mol. The van der Waals surface area contributed by atoms with Crippen molar-refractivity contribution < 1.29 is 9.53 Å². The van der Waals surface area contributed by atoms with Crippen LogP contribution in [0.5, 0.6) is 0 Å². The van der Waals surface area contributed by atoms with Crippen molar-refractivity contribution in [1.29, 1.82) is 0 Å². The second-order valence-corrected chi connectivity index (χ2v) is 4.87. The van der Waals surface area contributed by atoms with E-state index in [0.717, 1.165) is 17.8 Å². The molecule has 0 fully saturated rings. The topological polar surface area (TPSA) is 42.4 Å². The Balaban J connectivity index is 2.18. The van der Waals surface area contributed by atoms with Gasteiger partial charge >= 0.3 is 6.09 Å². The number of rotatable bonds is 5. The highest BCUT2D eigenvalue weighted by Gasteiger charge is 2.21. The summed E-state index contributed by atoms with van der Waals surface area (Å²) in [5, 5.41) is 2.73. The summed E-state index contributed by atoms with van der Waals surface area (Å²) in [6.45, 7) is 2.49. The monoisotopic (exact) mass is 276 g/mol. The Morgan fingerprint density at radius 2 is 2.26 bits per heavy atom. The van der Waals surface area contributed by atoms with E-state index >= 15 is 0 Å². The number of amides is 1. The number of anilines is 2. The van der Waals surface area contributed by atoms with Crippen molar-refractivity contribution in [2.24, 2.45) is 0 Å². The maximum Gasteiger partial charge on any atom is 0.420 e. The van der Waals surface area contributed by atoms with Crippen molar-refractivity contribution in [3.05, 3.63) is 41.9 Å². The molecule has 0 spiro atoms. The van der Waals surface area contributed by atoms with Crippen LogP contribution in [0.15, 0.2) is 41.9 Å². The molecule has 0 saturated heterocycles. The molecule has 0 aliphatic heterocycles. The summed E-state index contributed by atoms with van der Waals surface area (Å²) in [4.78, 5) is 17.9. The third-order valence-corrected chi connectivity index (χ3v) is 3.36. The molecule has 0 aromatic carbocycles. The van der Waals surface area contributed by atoms with Crippen molar-refractivity contribution in [2.75, 3.05) is 11.5 Å². The second-order valence-electron chi connectivity index (χ2n) is 3.94. The maximum atomic E-state index is 12.2. The molecule has 100 valence electrons. The standard InChI is InChI=1S/C14H16N2O2S/c1-2-3-10-18-14(17)16(13-8-6-11-19-13)12-7-4-5-9-15-12/h4-9,11H,2-3,10H2,1H3. The van der Waals surface area contributed by atoms with Gasteiger partial charge in [0.1, 0.15) is 10.8 Å². The molecule has 2 rings (SSSR count). The van der Waals surface area contributed by atoms with Crippen LogP contribution >= 0.6 is 11.3 Å². The molecule has 2 heterocycles. The van der Waals surface area contributed by atoms with E-state index in [1.807, 2.05) is 29.6 Å². The minimum atomic E-state index is -0.380. The molecule has 0 bridgehead atoms. The second kappa shape index (κ2) is 6.89. The quantitative estimate of drug-likeness (QED) is 0.768. The van der Waals surface area contributed by atoms with Crippen LogP contribution in [0, 0.1) is 0 Å². The van der Waals surface area contributed by atoms with Gasteiger partial charge in [-0.2, -0.15) is 0 Å². The number of hydrogen-bond donors (Lipinski definition) is 0. The highest BCUT2D eigenvalue weighted by atomic mass is 32.1. The highest BCUT2D eigenvalue weighted by molar-refractivity contribution is 7.14. The first-order valence-corrected chi connectivity index (χ1v) is 7.12. The van der Waals surface area contributed by atoms with Crippen LogP contribution in [-0.4, -0.2) is 17.7 Å². The maximum absolute atomic E-state index is 12.2. The number of pyridine rings is 1. The first-order valence-electron chi connectivity index (χ1n) is 6.24. The molecule has 0 aliphatic rings. The van der Waals surface area contributed by atoms with Crippen molar-refractivity contribution >= 4 is 28.2 Å². The Morgan fingerprint density at radius 3 is 2.89 bits per heavy atom. The summed E-state index contributed by atoms with van der Waals surface area (Å²) in [6.07, 6.45) is 3.15. The molecule has 4 nitrogen and oxygen atoms in total. The van der Waals surface area contributed by atoms with E-state index in [0.29, 0.717) is 12.4 Å². The van der Waals surface area contributed by atoms with Crippen LogP contribution in [0.1, 0.15) is 19.8 Å². The summed E-state index contributed by atoms with van der Waals surface area (Å²) < 4.78 is 5.28. The van der Waals surface area contributed by atoms with Gasteiger partial charge in [-0.1, -0.05) is 19.4 Å². The Kier molecular flexibility index (Phi) is 4.92. The smallest absolute Gasteiger partial charge is 0.420 e. The van der Waals surface area contributed by atoms with Crippen molar-refractivity contribution in [1.82, 2.24) is 4.98 Å². The number of aromatic nitrogens is 1. The third kappa shape index (κ3) is 3.54. The minimum absolute atomic E-state index is 0.380. The lowest BCUT2D eigenvalue weighted by atomic mass is 10.4. The van der Waals surface area contributed by atoms with Gasteiger partial charge in [-0.05, 0) is 36.1 Å². The lowest BCUT2D eigenvalue weighted by molar-refractivity contribution is 0.155. The van der Waals surface area contributed by atoms with Crippen LogP contribution in [-0.2, 0) is 4.74 Å². The Bertz CT molecular complexity index is 499. The van der Waals surface area contributed by atoms with Gasteiger partial charge < -0.3 is 4.74 Å². The van der Waals surface area contributed by atoms with Gasteiger partial charge in [-0.25, -0.2) is 14.7 Å². The summed E-state index contributed by atoms with van der Waals surface area (Å²) >= 11 is 1.48. The fraction of sp³-hybridized carbons (Fsp3) is 0.286. The molecule has 2 aromatic rings. The average Bonchev–Trinajstić information content (AvgIpc) is 2.94. The van der Waals surface area contributed by atoms with Crippen LogP contribution in [0.3, 0.4) is 0 Å². The number of carbonyl (C=O) groups is 1. The van der Waals surface area contributed by atoms with E-state index in [2.05, 4.69) is 11.9 Å². The molecule has 0 N–H and O–H groups in total. The third-order valence-electron chi connectivity index (χ3n) is 2.51. The molecule has 0 atom stereocenters. The number of thiophene rings is 1. The lowest BCUT2D eigenvalue weighted by Gasteiger charge is -2.19. The van der Waals surface area contributed by atoms with E-state index in [1.54, 1.807) is 12.3 Å². The molecule has 0 aliphatic carbocycles. The van der Waals surface area contributed by atoms with E-state index in [4.69, 9.17) is 4.74 Å². The van der Waals surface area contributed by atoms with Crippen LogP contribution in [0.25, 0.3) is 0 Å². The number of unbranched alkanes of at least 4 members (excludes halogenated alkanes) is 1.